The Morgan fingerprint density at radius 1 is 1.16 bits per heavy atom. The molecule has 3 atom stereocenters. The third kappa shape index (κ3) is 2.25. The number of rotatable bonds is 3. The molecule has 0 radical (unpaired) electrons. The molecule has 1 aromatic carbocycles. The van der Waals surface area contributed by atoms with Crippen molar-refractivity contribution in [1.29, 1.82) is 0 Å². The summed E-state index contributed by atoms with van der Waals surface area (Å²) in [6.07, 6.45) is 1.97. The van der Waals surface area contributed by atoms with Crippen molar-refractivity contribution in [2.45, 2.75) is 31.6 Å². The Bertz CT molecular complexity index is 544. The minimum absolute atomic E-state index is 0.0600. The standard InChI is InChI=1S/C17H18OS/c1-2-12-11-14(15-9-6-10-19-15)16(17(12)18)13-7-4-3-5-8-13/h3-10,12,14,16H,2,11H2,1H3. The molecule has 0 saturated heterocycles. The number of thiophene rings is 1. The van der Waals surface area contributed by atoms with Crippen LogP contribution < -0.4 is 0 Å². The average Bonchev–Trinajstić information content (AvgIpc) is 3.07. The lowest BCUT2D eigenvalue weighted by Crippen LogP contribution is -2.14. The number of carbonyl (C=O) groups is 1. The van der Waals surface area contributed by atoms with Crippen LogP contribution in [-0.4, -0.2) is 5.78 Å². The summed E-state index contributed by atoms with van der Waals surface area (Å²) in [5.74, 6) is 1.11. The topological polar surface area (TPSA) is 17.1 Å². The molecule has 3 rings (SSSR count). The van der Waals surface area contributed by atoms with Crippen LogP contribution in [0.1, 0.15) is 42.0 Å². The monoisotopic (exact) mass is 270 g/mol. The summed E-state index contributed by atoms with van der Waals surface area (Å²) < 4.78 is 0. The van der Waals surface area contributed by atoms with Crippen LogP contribution in [-0.2, 0) is 4.79 Å². The van der Waals surface area contributed by atoms with Gasteiger partial charge in [0.1, 0.15) is 5.78 Å². The van der Waals surface area contributed by atoms with Gasteiger partial charge in [-0.3, -0.25) is 4.79 Å². The lowest BCUT2D eigenvalue weighted by Gasteiger charge is -2.17. The van der Waals surface area contributed by atoms with Crippen LogP contribution in [0.5, 0.6) is 0 Å². The highest BCUT2D eigenvalue weighted by Gasteiger charge is 2.42. The highest BCUT2D eigenvalue weighted by molar-refractivity contribution is 7.10. The summed E-state index contributed by atoms with van der Waals surface area (Å²) in [5, 5.41) is 2.11. The van der Waals surface area contributed by atoms with Crippen molar-refractivity contribution in [3.8, 4) is 0 Å². The van der Waals surface area contributed by atoms with Crippen LogP contribution in [0, 0.1) is 5.92 Å². The summed E-state index contributed by atoms with van der Waals surface area (Å²) in [5.41, 5.74) is 1.18. The lowest BCUT2D eigenvalue weighted by atomic mass is 9.87. The van der Waals surface area contributed by atoms with E-state index in [1.807, 2.05) is 18.2 Å². The first-order valence-corrected chi connectivity index (χ1v) is 7.81. The lowest BCUT2D eigenvalue weighted by molar-refractivity contribution is -0.122. The normalized spacial score (nSPS) is 26.8. The summed E-state index contributed by atoms with van der Waals surface area (Å²) in [4.78, 5) is 14.0. The molecule has 1 aromatic heterocycles. The molecular weight excluding hydrogens is 252 g/mol. The predicted octanol–water partition coefficient (Wildman–Crippen LogP) is 4.61. The van der Waals surface area contributed by atoms with Crippen molar-refractivity contribution in [3.63, 3.8) is 0 Å². The molecule has 1 nitrogen and oxygen atoms in total. The van der Waals surface area contributed by atoms with Gasteiger partial charge >= 0.3 is 0 Å². The molecule has 2 heteroatoms. The second-order valence-corrected chi connectivity index (χ2v) is 6.23. The summed E-state index contributed by atoms with van der Waals surface area (Å²) in [6, 6.07) is 14.5. The highest BCUT2D eigenvalue weighted by atomic mass is 32.1. The SMILES string of the molecule is CCC1CC(c2cccs2)C(c2ccccc2)C1=O. The van der Waals surface area contributed by atoms with Gasteiger partial charge in [0.05, 0.1) is 5.92 Å². The smallest absolute Gasteiger partial charge is 0.144 e. The number of carbonyl (C=O) groups excluding carboxylic acids is 1. The molecule has 1 fully saturated rings. The molecule has 0 spiro atoms. The third-order valence-corrected chi connectivity index (χ3v) is 5.21. The van der Waals surface area contributed by atoms with Crippen molar-refractivity contribution in [2.24, 2.45) is 5.92 Å². The zero-order valence-corrected chi connectivity index (χ0v) is 11.9. The van der Waals surface area contributed by atoms with Crippen LogP contribution in [0.2, 0.25) is 0 Å². The van der Waals surface area contributed by atoms with E-state index >= 15 is 0 Å². The molecule has 98 valence electrons. The molecule has 1 aliphatic rings. The van der Waals surface area contributed by atoms with E-state index in [4.69, 9.17) is 0 Å². The Morgan fingerprint density at radius 3 is 2.58 bits per heavy atom. The highest BCUT2D eigenvalue weighted by Crippen LogP contribution is 2.48. The number of hydrogen-bond donors (Lipinski definition) is 0. The van der Waals surface area contributed by atoms with Crippen LogP contribution in [0.15, 0.2) is 47.8 Å². The van der Waals surface area contributed by atoms with E-state index < -0.39 is 0 Å². The van der Waals surface area contributed by atoms with Gasteiger partial charge in [-0.25, -0.2) is 0 Å². The Hall–Kier alpha value is -1.41. The van der Waals surface area contributed by atoms with Crippen LogP contribution in [0.3, 0.4) is 0 Å². The fraction of sp³-hybridized carbons (Fsp3) is 0.353. The predicted molar refractivity (Wildman–Crippen MR) is 79.6 cm³/mol. The fourth-order valence-electron chi connectivity index (χ4n) is 3.22. The molecule has 19 heavy (non-hydrogen) atoms. The van der Waals surface area contributed by atoms with Gasteiger partial charge in [-0.1, -0.05) is 43.3 Å². The first kappa shape index (κ1) is 12.6. The Morgan fingerprint density at radius 2 is 1.95 bits per heavy atom. The Labute approximate surface area is 118 Å². The van der Waals surface area contributed by atoms with Gasteiger partial charge in [0.2, 0.25) is 0 Å². The van der Waals surface area contributed by atoms with Crippen LogP contribution in [0.25, 0.3) is 0 Å². The molecule has 1 heterocycles. The second kappa shape index (κ2) is 5.30. The van der Waals surface area contributed by atoms with E-state index in [2.05, 4.69) is 36.6 Å². The Balaban J connectivity index is 2.00. The van der Waals surface area contributed by atoms with Crippen molar-refractivity contribution in [3.05, 3.63) is 58.3 Å². The van der Waals surface area contributed by atoms with Crippen molar-refractivity contribution in [2.75, 3.05) is 0 Å². The molecule has 1 saturated carbocycles. The molecule has 0 amide bonds. The van der Waals surface area contributed by atoms with Crippen LogP contribution in [0.4, 0.5) is 0 Å². The zero-order chi connectivity index (χ0) is 13.2. The molecular formula is C17H18OS. The largest absolute Gasteiger partial charge is 0.299 e. The first-order chi connectivity index (χ1) is 9.31. The maximum Gasteiger partial charge on any atom is 0.144 e. The minimum Gasteiger partial charge on any atom is -0.299 e. The van der Waals surface area contributed by atoms with Gasteiger partial charge in [-0.15, -0.1) is 11.3 Å². The Kier molecular flexibility index (Phi) is 3.52. The van der Waals surface area contributed by atoms with Gasteiger partial charge in [-0.05, 0) is 29.9 Å². The van der Waals surface area contributed by atoms with E-state index in [1.54, 1.807) is 11.3 Å². The average molecular weight is 270 g/mol. The maximum absolute atomic E-state index is 12.6. The zero-order valence-electron chi connectivity index (χ0n) is 11.1. The summed E-state index contributed by atoms with van der Waals surface area (Å²) >= 11 is 1.78. The van der Waals surface area contributed by atoms with Crippen molar-refractivity contribution in [1.82, 2.24) is 0 Å². The minimum atomic E-state index is 0.0600. The third-order valence-electron chi connectivity index (χ3n) is 4.21. The molecule has 2 aromatic rings. The number of Topliss-reactive ketones (excluding diaryl/α,β-unsaturated/α-hetero) is 1. The summed E-state index contributed by atoms with van der Waals surface area (Å²) in [6.45, 7) is 2.13. The van der Waals surface area contributed by atoms with Gasteiger partial charge in [0, 0.05) is 16.7 Å². The van der Waals surface area contributed by atoms with E-state index in [0.717, 1.165) is 12.8 Å². The van der Waals surface area contributed by atoms with Gasteiger partial charge < -0.3 is 0 Å². The number of benzene rings is 1. The maximum atomic E-state index is 12.6. The van der Waals surface area contributed by atoms with E-state index in [1.165, 1.54) is 10.4 Å². The number of ketones is 1. The molecule has 3 unspecified atom stereocenters. The molecule has 1 aliphatic carbocycles. The van der Waals surface area contributed by atoms with Crippen molar-refractivity contribution < 1.29 is 4.79 Å². The summed E-state index contributed by atoms with van der Waals surface area (Å²) in [7, 11) is 0. The molecule has 0 aliphatic heterocycles. The van der Waals surface area contributed by atoms with Gasteiger partial charge in [-0.2, -0.15) is 0 Å². The molecule has 0 bridgehead atoms. The van der Waals surface area contributed by atoms with Gasteiger partial charge in [0.15, 0.2) is 0 Å². The number of hydrogen-bond acceptors (Lipinski definition) is 2. The molecule has 0 N–H and O–H groups in total. The quantitative estimate of drug-likeness (QED) is 0.795. The van der Waals surface area contributed by atoms with Crippen molar-refractivity contribution >= 4 is 17.1 Å². The second-order valence-electron chi connectivity index (χ2n) is 5.25. The van der Waals surface area contributed by atoms with E-state index in [0.29, 0.717) is 11.7 Å². The first-order valence-electron chi connectivity index (χ1n) is 6.93. The van der Waals surface area contributed by atoms with E-state index in [9.17, 15) is 4.79 Å². The van der Waals surface area contributed by atoms with Gasteiger partial charge in [0.25, 0.3) is 0 Å². The van der Waals surface area contributed by atoms with Crippen LogP contribution >= 0.6 is 11.3 Å². The van der Waals surface area contributed by atoms with E-state index in [-0.39, 0.29) is 11.8 Å². The fourth-order valence-corrected chi connectivity index (χ4v) is 4.10.